The first kappa shape index (κ1) is 17.4. The standard InChI is InChI=1S/C22H20N2O2/c1-16-7-5-6-10-20(16)24-22(26)18-11-13-19(14-12-18)23-21(25)15-17-8-3-2-4-9-17/h2-14H,15H2,1H3,(H,23,25)(H,24,26). The summed E-state index contributed by atoms with van der Waals surface area (Å²) in [6.07, 6.45) is 0.316. The first-order valence-corrected chi connectivity index (χ1v) is 8.42. The second-order valence-corrected chi connectivity index (χ2v) is 6.06. The summed E-state index contributed by atoms with van der Waals surface area (Å²) in [7, 11) is 0. The topological polar surface area (TPSA) is 58.2 Å². The molecule has 0 spiro atoms. The molecule has 3 aromatic carbocycles. The van der Waals surface area contributed by atoms with E-state index in [9.17, 15) is 9.59 Å². The average Bonchev–Trinajstić information content (AvgIpc) is 2.65. The highest BCUT2D eigenvalue weighted by Gasteiger charge is 2.08. The number of anilines is 2. The minimum atomic E-state index is -0.179. The van der Waals surface area contributed by atoms with Gasteiger partial charge in [0.2, 0.25) is 5.91 Å². The van der Waals surface area contributed by atoms with Gasteiger partial charge in [0.25, 0.3) is 5.91 Å². The molecular formula is C22H20N2O2. The van der Waals surface area contributed by atoms with Crippen LogP contribution in [-0.4, -0.2) is 11.8 Å². The Morgan fingerprint density at radius 2 is 1.42 bits per heavy atom. The maximum absolute atomic E-state index is 12.3. The van der Waals surface area contributed by atoms with Crippen molar-refractivity contribution in [3.63, 3.8) is 0 Å². The maximum Gasteiger partial charge on any atom is 0.255 e. The molecule has 0 fully saturated rings. The molecule has 0 aromatic heterocycles. The fraction of sp³-hybridized carbons (Fsp3) is 0.0909. The first-order valence-electron chi connectivity index (χ1n) is 8.42. The smallest absolute Gasteiger partial charge is 0.255 e. The highest BCUT2D eigenvalue weighted by Crippen LogP contribution is 2.16. The van der Waals surface area contributed by atoms with Crippen LogP contribution in [0.1, 0.15) is 21.5 Å². The quantitative estimate of drug-likeness (QED) is 0.719. The lowest BCUT2D eigenvalue weighted by Gasteiger charge is -2.09. The molecule has 2 amide bonds. The predicted molar refractivity (Wildman–Crippen MR) is 104 cm³/mol. The van der Waals surface area contributed by atoms with Crippen molar-refractivity contribution in [2.75, 3.05) is 10.6 Å². The van der Waals surface area contributed by atoms with E-state index < -0.39 is 0 Å². The first-order chi connectivity index (χ1) is 12.6. The molecule has 0 radical (unpaired) electrons. The average molecular weight is 344 g/mol. The van der Waals surface area contributed by atoms with E-state index >= 15 is 0 Å². The number of amides is 2. The normalized spacial score (nSPS) is 10.2. The van der Waals surface area contributed by atoms with E-state index in [4.69, 9.17) is 0 Å². The van der Waals surface area contributed by atoms with Crippen molar-refractivity contribution < 1.29 is 9.59 Å². The van der Waals surface area contributed by atoms with E-state index in [1.165, 1.54) is 0 Å². The van der Waals surface area contributed by atoms with E-state index in [1.807, 2.05) is 61.5 Å². The molecule has 0 unspecified atom stereocenters. The van der Waals surface area contributed by atoms with Crippen molar-refractivity contribution >= 4 is 23.2 Å². The third-order valence-electron chi connectivity index (χ3n) is 4.03. The van der Waals surface area contributed by atoms with Crippen LogP contribution in [0, 0.1) is 6.92 Å². The van der Waals surface area contributed by atoms with E-state index in [2.05, 4.69) is 10.6 Å². The lowest BCUT2D eigenvalue weighted by Crippen LogP contribution is -2.15. The van der Waals surface area contributed by atoms with Crippen molar-refractivity contribution in [3.8, 4) is 0 Å². The number of benzene rings is 3. The van der Waals surface area contributed by atoms with Gasteiger partial charge in [-0.15, -0.1) is 0 Å². The lowest BCUT2D eigenvalue weighted by atomic mass is 10.1. The van der Waals surface area contributed by atoms with Crippen LogP contribution in [0.15, 0.2) is 78.9 Å². The second-order valence-electron chi connectivity index (χ2n) is 6.06. The number of hydrogen-bond acceptors (Lipinski definition) is 2. The van der Waals surface area contributed by atoms with Crippen LogP contribution in [0.25, 0.3) is 0 Å². The molecule has 4 heteroatoms. The zero-order valence-corrected chi connectivity index (χ0v) is 14.5. The Kier molecular flexibility index (Phi) is 5.44. The molecule has 0 aliphatic rings. The van der Waals surface area contributed by atoms with Crippen LogP contribution < -0.4 is 10.6 Å². The molecule has 0 atom stereocenters. The molecular weight excluding hydrogens is 324 g/mol. The highest BCUT2D eigenvalue weighted by molar-refractivity contribution is 6.05. The molecule has 0 saturated heterocycles. The molecule has 2 N–H and O–H groups in total. The molecule has 0 aliphatic carbocycles. The summed E-state index contributed by atoms with van der Waals surface area (Å²) in [6.45, 7) is 1.95. The molecule has 26 heavy (non-hydrogen) atoms. The number of carbonyl (C=O) groups is 2. The predicted octanol–water partition coefficient (Wildman–Crippen LogP) is 4.43. The van der Waals surface area contributed by atoms with Crippen molar-refractivity contribution in [1.29, 1.82) is 0 Å². The summed E-state index contributed by atoms with van der Waals surface area (Å²) in [6, 6.07) is 24.1. The van der Waals surface area contributed by atoms with Gasteiger partial charge in [0.15, 0.2) is 0 Å². The van der Waals surface area contributed by atoms with Gasteiger partial charge in [0.1, 0.15) is 0 Å². The second kappa shape index (κ2) is 8.12. The third kappa shape index (κ3) is 4.57. The monoisotopic (exact) mass is 344 g/mol. The van der Waals surface area contributed by atoms with Crippen LogP contribution in [0.2, 0.25) is 0 Å². The molecule has 4 nitrogen and oxygen atoms in total. The van der Waals surface area contributed by atoms with Crippen molar-refractivity contribution in [1.82, 2.24) is 0 Å². The van der Waals surface area contributed by atoms with Crippen LogP contribution in [-0.2, 0) is 11.2 Å². The van der Waals surface area contributed by atoms with E-state index in [-0.39, 0.29) is 11.8 Å². The summed E-state index contributed by atoms with van der Waals surface area (Å²) in [5.74, 6) is -0.269. The molecule has 0 saturated carbocycles. The lowest BCUT2D eigenvalue weighted by molar-refractivity contribution is -0.115. The van der Waals surface area contributed by atoms with Gasteiger partial charge < -0.3 is 10.6 Å². The van der Waals surface area contributed by atoms with Crippen LogP contribution >= 0.6 is 0 Å². The molecule has 0 heterocycles. The molecule has 0 bridgehead atoms. The van der Waals surface area contributed by atoms with Gasteiger partial charge in [-0.2, -0.15) is 0 Å². The largest absolute Gasteiger partial charge is 0.326 e. The molecule has 3 rings (SSSR count). The number of para-hydroxylation sites is 1. The Balaban J connectivity index is 1.60. The van der Waals surface area contributed by atoms with Gasteiger partial charge in [-0.1, -0.05) is 48.5 Å². The minimum absolute atomic E-state index is 0.0895. The van der Waals surface area contributed by atoms with Gasteiger partial charge >= 0.3 is 0 Å². The van der Waals surface area contributed by atoms with Crippen LogP contribution in [0.3, 0.4) is 0 Å². The fourth-order valence-electron chi connectivity index (χ4n) is 2.60. The number of carbonyl (C=O) groups excluding carboxylic acids is 2. The Bertz CT molecular complexity index is 903. The molecule has 3 aromatic rings. The summed E-state index contributed by atoms with van der Waals surface area (Å²) in [4.78, 5) is 24.4. The maximum atomic E-state index is 12.3. The van der Waals surface area contributed by atoms with Gasteiger partial charge in [-0.05, 0) is 48.4 Å². The number of hydrogen-bond donors (Lipinski definition) is 2. The van der Waals surface area contributed by atoms with E-state index in [0.29, 0.717) is 17.7 Å². The zero-order valence-electron chi connectivity index (χ0n) is 14.5. The van der Waals surface area contributed by atoms with E-state index in [0.717, 1.165) is 16.8 Å². The summed E-state index contributed by atoms with van der Waals surface area (Å²) < 4.78 is 0. The third-order valence-corrected chi connectivity index (χ3v) is 4.03. The Morgan fingerprint density at radius 3 is 2.12 bits per heavy atom. The minimum Gasteiger partial charge on any atom is -0.326 e. The van der Waals surface area contributed by atoms with Crippen LogP contribution in [0.5, 0.6) is 0 Å². The van der Waals surface area contributed by atoms with Crippen molar-refractivity contribution in [2.24, 2.45) is 0 Å². The zero-order chi connectivity index (χ0) is 18.4. The Hall–Kier alpha value is -3.40. The Morgan fingerprint density at radius 1 is 0.769 bits per heavy atom. The van der Waals surface area contributed by atoms with Gasteiger partial charge in [-0.25, -0.2) is 0 Å². The summed E-state index contributed by atoms with van der Waals surface area (Å²) in [5, 5.41) is 5.74. The fourth-order valence-corrected chi connectivity index (χ4v) is 2.60. The number of rotatable bonds is 5. The van der Waals surface area contributed by atoms with Gasteiger partial charge in [0.05, 0.1) is 6.42 Å². The SMILES string of the molecule is Cc1ccccc1NC(=O)c1ccc(NC(=O)Cc2ccccc2)cc1. The molecule has 130 valence electrons. The van der Waals surface area contributed by atoms with E-state index in [1.54, 1.807) is 24.3 Å². The Labute approximate surface area is 152 Å². The number of nitrogens with one attached hydrogen (secondary N) is 2. The van der Waals surface area contributed by atoms with Crippen molar-refractivity contribution in [3.05, 3.63) is 95.6 Å². The summed E-state index contributed by atoms with van der Waals surface area (Å²) >= 11 is 0. The van der Waals surface area contributed by atoms with Gasteiger partial charge in [0, 0.05) is 16.9 Å². The van der Waals surface area contributed by atoms with Gasteiger partial charge in [-0.3, -0.25) is 9.59 Å². The number of aryl methyl sites for hydroxylation is 1. The molecule has 0 aliphatic heterocycles. The van der Waals surface area contributed by atoms with Crippen LogP contribution in [0.4, 0.5) is 11.4 Å². The van der Waals surface area contributed by atoms with Crippen molar-refractivity contribution in [2.45, 2.75) is 13.3 Å². The summed E-state index contributed by atoms with van der Waals surface area (Å²) in [5.41, 5.74) is 3.95. The highest BCUT2D eigenvalue weighted by atomic mass is 16.2.